The summed E-state index contributed by atoms with van der Waals surface area (Å²) in [5.41, 5.74) is 1.01. The lowest BCUT2D eigenvalue weighted by molar-refractivity contribution is -0.138. The molecule has 3 heterocycles. The van der Waals surface area contributed by atoms with E-state index in [1.807, 2.05) is 12.1 Å². The maximum Gasteiger partial charge on any atom is 0.419 e. The molecule has 0 bridgehead atoms. The highest BCUT2D eigenvalue weighted by Crippen LogP contribution is 2.34. The summed E-state index contributed by atoms with van der Waals surface area (Å²) in [4.78, 5) is 10.7. The minimum atomic E-state index is -4.54. The van der Waals surface area contributed by atoms with Gasteiger partial charge in [0.1, 0.15) is 0 Å². The molecule has 2 saturated heterocycles. The lowest BCUT2D eigenvalue weighted by Crippen LogP contribution is -2.54. The van der Waals surface area contributed by atoms with E-state index in [1.54, 1.807) is 18.2 Å². The third kappa shape index (κ3) is 6.60. The van der Waals surface area contributed by atoms with Crippen LogP contribution in [0.4, 0.5) is 24.8 Å². The van der Waals surface area contributed by atoms with Gasteiger partial charge in [0.2, 0.25) is 16.0 Å². The zero-order chi connectivity index (χ0) is 28.5. The Balaban J connectivity index is 1.22. The third-order valence-electron chi connectivity index (χ3n) is 7.89. The third-order valence-corrected chi connectivity index (χ3v) is 9.81. The second kappa shape index (κ2) is 11.7. The van der Waals surface area contributed by atoms with Gasteiger partial charge in [0.05, 0.1) is 16.2 Å². The molecule has 3 fully saturated rings. The Kier molecular flexibility index (Phi) is 8.40. The molecule has 218 valence electrons. The average Bonchev–Trinajstić information content (AvgIpc) is 3.41. The van der Waals surface area contributed by atoms with E-state index in [0.29, 0.717) is 38.0 Å². The first-order valence-corrected chi connectivity index (χ1v) is 15.4. The molecule has 1 aromatic heterocycles. The molecule has 8 nitrogen and oxygen atoms in total. The van der Waals surface area contributed by atoms with Crippen molar-refractivity contribution in [1.82, 2.24) is 19.6 Å². The zero-order valence-corrected chi connectivity index (χ0v) is 23.7. The second-order valence-electron chi connectivity index (χ2n) is 11.2. The van der Waals surface area contributed by atoms with Crippen LogP contribution >= 0.6 is 0 Å². The van der Waals surface area contributed by atoms with E-state index in [9.17, 15) is 21.6 Å². The largest absolute Gasteiger partial charge is 0.419 e. The van der Waals surface area contributed by atoms with Gasteiger partial charge in [0.15, 0.2) is 0 Å². The smallest absolute Gasteiger partial charge is 0.368 e. The molecule has 0 amide bonds. The SMILES string of the molecule is C[C@@H]1CN(c2ccc(S(=O)(=O)N3CCC(Nc4ncc(C(F)(F)F)c(C=C5CCCC5)n4)CC3)cc2)C[C@H](C)N1. The van der Waals surface area contributed by atoms with E-state index < -0.39 is 21.8 Å². The van der Waals surface area contributed by atoms with Crippen molar-refractivity contribution in [2.75, 3.05) is 36.4 Å². The van der Waals surface area contributed by atoms with Crippen LogP contribution in [0, 0.1) is 0 Å². The number of allylic oxidation sites excluding steroid dienone is 1. The van der Waals surface area contributed by atoms with E-state index in [1.165, 1.54) is 4.31 Å². The highest BCUT2D eigenvalue weighted by atomic mass is 32.2. The topological polar surface area (TPSA) is 90.5 Å². The quantitative estimate of drug-likeness (QED) is 0.504. The lowest BCUT2D eigenvalue weighted by Gasteiger charge is -2.37. The molecule has 40 heavy (non-hydrogen) atoms. The van der Waals surface area contributed by atoms with Gasteiger partial charge < -0.3 is 15.5 Å². The summed E-state index contributed by atoms with van der Waals surface area (Å²) in [6.45, 7) is 6.59. The molecule has 2 N–H and O–H groups in total. The molecule has 1 aromatic carbocycles. The van der Waals surface area contributed by atoms with E-state index in [4.69, 9.17) is 0 Å². The van der Waals surface area contributed by atoms with Crippen LogP contribution in [0.5, 0.6) is 0 Å². The summed E-state index contributed by atoms with van der Waals surface area (Å²) in [5.74, 6) is 0.131. The van der Waals surface area contributed by atoms with Crippen molar-refractivity contribution in [2.24, 2.45) is 0 Å². The van der Waals surface area contributed by atoms with Crippen molar-refractivity contribution in [3.05, 3.63) is 47.3 Å². The van der Waals surface area contributed by atoms with Crippen molar-refractivity contribution in [2.45, 2.75) is 81.6 Å². The molecule has 12 heteroatoms. The predicted octanol–water partition coefficient (Wildman–Crippen LogP) is 4.90. The van der Waals surface area contributed by atoms with Crippen molar-refractivity contribution in [1.29, 1.82) is 0 Å². The number of hydrogen-bond donors (Lipinski definition) is 2. The summed E-state index contributed by atoms with van der Waals surface area (Å²) in [5, 5.41) is 6.63. The van der Waals surface area contributed by atoms with Gasteiger partial charge in [-0.05, 0) is 82.7 Å². The number of aromatic nitrogens is 2. The van der Waals surface area contributed by atoms with Gasteiger partial charge in [-0.15, -0.1) is 0 Å². The van der Waals surface area contributed by atoms with E-state index in [2.05, 4.69) is 39.3 Å². The van der Waals surface area contributed by atoms with E-state index in [-0.39, 0.29) is 22.6 Å². The molecule has 1 aliphatic carbocycles. The molecule has 0 spiro atoms. The highest BCUT2D eigenvalue weighted by molar-refractivity contribution is 7.89. The number of hydrogen-bond acceptors (Lipinski definition) is 7. The second-order valence-corrected chi connectivity index (χ2v) is 13.1. The van der Waals surface area contributed by atoms with Crippen molar-refractivity contribution in [3.8, 4) is 0 Å². The number of halogens is 3. The van der Waals surface area contributed by atoms with Crippen molar-refractivity contribution < 1.29 is 21.6 Å². The Labute approximate surface area is 234 Å². The van der Waals surface area contributed by atoms with Crippen LogP contribution in [0.1, 0.15) is 63.6 Å². The molecule has 2 aliphatic heterocycles. The standard InChI is InChI=1S/C28H37F3N6O2S/c1-19-17-36(18-20(2)33-19)23-7-9-24(10-8-23)40(38,39)37-13-11-22(12-14-37)34-27-32-16-25(28(29,30)31)26(35-27)15-21-5-3-4-6-21/h7-10,15-16,19-20,22,33H,3-6,11-14,17-18H2,1-2H3,(H,32,34,35)/t19-,20+. The first-order valence-electron chi connectivity index (χ1n) is 14.0. The molecular formula is C28H37F3N6O2S. The monoisotopic (exact) mass is 578 g/mol. The Morgan fingerprint density at radius 1 is 1.02 bits per heavy atom. The normalized spacial score (nSPS) is 23.4. The lowest BCUT2D eigenvalue weighted by atomic mass is 10.1. The number of piperidine rings is 1. The molecule has 0 radical (unpaired) electrons. The molecule has 0 unspecified atom stereocenters. The van der Waals surface area contributed by atoms with Gasteiger partial charge in [-0.3, -0.25) is 0 Å². The fourth-order valence-corrected chi connectivity index (χ4v) is 7.37. The van der Waals surface area contributed by atoms with Crippen molar-refractivity contribution in [3.63, 3.8) is 0 Å². The van der Waals surface area contributed by atoms with Gasteiger partial charge >= 0.3 is 6.18 Å². The van der Waals surface area contributed by atoms with Crippen LogP contribution in [-0.2, 0) is 16.2 Å². The minimum absolute atomic E-state index is 0.116. The Bertz CT molecular complexity index is 1310. The van der Waals surface area contributed by atoms with Crippen LogP contribution in [-0.4, -0.2) is 67.0 Å². The van der Waals surface area contributed by atoms with Gasteiger partial charge in [-0.1, -0.05) is 5.57 Å². The number of alkyl halides is 3. The predicted molar refractivity (Wildman–Crippen MR) is 150 cm³/mol. The number of rotatable bonds is 6. The van der Waals surface area contributed by atoms with Crippen LogP contribution in [0.3, 0.4) is 0 Å². The summed E-state index contributed by atoms with van der Waals surface area (Å²) in [7, 11) is -3.66. The van der Waals surface area contributed by atoms with Crippen LogP contribution in [0.15, 0.2) is 40.9 Å². The molecule has 3 aliphatic rings. The number of sulfonamides is 1. The number of piperazine rings is 1. The molecule has 2 aromatic rings. The number of nitrogens with one attached hydrogen (secondary N) is 2. The fraction of sp³-hybridized carbons (Fsp3) is 0.571. The summed E-state index contributed by atoms with van der Waals surface area (Å²) < 4.78 is 68.8. The molecule has 2 atom stereocenters. The average molecular weight is 579 g/mol. The molecular weight excluding hydrogens is 541 g/mol. The first-order chi connectivity index (χ1) is 19.0. The maximum absolute atomic E-state index is 13.6. The Morgan fingerprint density at radius 2 is 1.65 bits per heavy atom. The summed E-state index contributed by atoms with van der Waals surface area (Å²) in [6.07, 6.45) is 2.36. The van der Waals surface area contributed by atoms with Crippen LogP contribution in [0.2, 0.25) is 0 Å². The van der Waals surface area contributed by atoms with Gasteiger partial charge in [0, 0.05) is 56.2 Å². The fourth-order valence-electron chi connectivity index (χ4n) is 5.90. The van der Waals surface area contributed by atoms with Gasteiger partial charge in [-0.25, -0.2) is 18.4 Å². The number of anilines is 2. The van der Waals surface area contributed by atoms with Crippen molar-refractivity contribution >= 4 is 27.7 Å². The van der Waals surface area contributed by atoms with E-state index >= 15 is 0 Å². The Hall–Kier alpha value is -2.70. The number of benzene rings is 1. The number of nitrogens with zero attached hydrogens (tertiary/aromatic N) is 4. The zero-order valence-electron chi connectivity index (χ0n) is 22.9. The highest BCUT2D eigenvalue weighted by Gasteiger charge is 2.35. The first kappa shape index (κ1) is 28.8. The summed E-state index contributed by atoms with van der Waals surface area (Å²) in [6, 6.07) is 7.63. The Morgan fingerprint density at radius 3 is 2.25 bits per heavy atom. The van der Waals surface area contributed by atoms with Gasteiger partial charge in [0.25, 0.3) is 0 Å². The minimum Gasteiger partial charge on any atom is -0.368 e. The summed E-state index contributed by atoms with van der Waals surface area (Å²) >= 11 is 0. The van der Waals surface area contributed by atoms with Gasteiger partial charge in [-0.2, -0.15) is 17.5 Å². The molecule has 1 saturated carbocycles. The van der Waals surface area contributed by atoms with Crippen LogP contribution in [0.25, 0.3) is 6.08 Å². The molecule has 5 rings (SSSR count). The maximum atomic E-state index is 13.6. The van der Waals surface area contributed by atoms with E-state index in [0.717, 1.165) is 56.2 Å². The van der Waals surface area contributed by atoms with Crippen LogP contribution < -0.4 is 15.5 Å².